The highest BCUT2D eigenvalue weighted by molar-refractivity contribution is 6.61. The van der Waals surface area contributed by atoms with Crippen LogP contribution in [-0.4, -0.2) is 104 Å². The van der Waals surface area contributed by atoms with E-state index in [4.69, 9.17) is 16.7 Å². The summed E-state index contributed by atoms with van der Waals surface area (Å²) in [5.41, 5.74) is 11.3. The van der Waals surface area contributed by atoms with Crippen LogP contribution in [-0.2, 0) is 45.5 Å². The summed E-state index contributed by atoms with van der Waals surface area (Å²) >= 11 is 4.86. The minimum Gasteiger partial charge on any atom is -1.00 e. The first-order valence-corrected chi connectivity index (χ1v) is 27.8. The summed E-state index contributed by atoms with van der Waals surface area (Å²) in [7, 11) is 2.62. The summed E-state index contributed by atoms with van der Waals surface area (Å²) in [6.45, 7) is 35.7. The summed E-state index contributed by atoms with van der Waals surface area (Å²) in [4.78, 5) is 82.4. The first-order chi connectivity index (χ1) is 37.2. The van der Waals surface area contributed by atoms with Gasteiger partial charge >= 0.3 is 23.3 Å². The zero-order valence-corrected chi connectivity index (χ0v) is 52.4. The maximum atomic E-state index is 12.8. The van der Waals surface area contributed by atoms with E-state index in [0.717, 1.165) is 37.1 Å². The lowest BCUT2D eigenvalue weighted by Gasteiger charge is -2.42. The topological polar surface area (TPSA) is 234 Å². The number of aromatic carboxylic acids is 1. The lowest BCUT2D eigenvalue weighted by atomic mass is 9.63. The number of hydrogen-bond acceptors (Lipinski definition) is 11. The maximum Gasteiger partial charge on any atom is 0.403 e. The molecule has 7 N–H and O–H groups in total. The van der Waals surface area contributed by atoms with E-state index in [1.807, 2.05) is 26.0 Å². The number of esters is 2. The van der Waals surface area contributed by atoms with Crippen molar-refractivity contribution in [3.05, 3.63) is 129 Å². The number of nitrogens with one attached hydrogen (secondary N) is 3. The van der Waals surface area contributed by atoms with Gasteiger partial charge in [-0.1, -0.05) is 102 Å². The van der Waals surface area contributed by atoms with Crippen LogP contribution in [0.4, 0.5) is 16.2 Å². The number of ether oxygens (including phenoxy) is 3. The normalized spacial score (nSPS) is 15.2. The highest BCUT2D eigenvalue weighted by atomic mass is 35.5. The number of carbonyl (C=O) groups excluding carboxylic acids is 6. The molecule has 0 heterocycles. The number of anilines is 2. The largest absolute Gasteiger partial charge is 1.00 e. The second-order valence-corrected chi connectivity index (χ2v) is 23.4. The minimum absolute atomic E-state index is 0. The number of carboxylic acids is 1. The zero-order chi connectivity index (χ0) is 60.9. The molecule has 2 aliphatic carbocycles. The van der Waals surface area contributed by atoms with E-state index in [9.17, 15) is 33.6 Å². The summed E-state index contributed by atoms with van der Waals surface area (Å²) in [6.07, 6.45) is 4.50. The maximum absolute atomic E-state index is 12.8. The second kappa shape index (κ2) is 32.9. The van der Waals surface area contributed by atoms with E-state index in [1.54, 1.807) is 38.1 Å². The molecular formula is C63H91Cl2N5O11. The van der Waals surface area contributed by atoms with Gasteiger partial charge in [0.05, 0.1) is 26.4 Å². The Kier molecular flexibility index (Phi) is 29.6. The smallest absolute Gasteiger partial charge is 0.403 e. The van der Waals surface area contributed by atoms with Crippen LogP contribution in [0.2, 0.25) is 0 Å². The quantitative estimate of drug-likeness (QED) is 0.0453. The fourth-order valence-electron chi connectivity index (χ4n) is 8.90. The molecule has 2 aliphatic rings. The number of halogens is 2. The number of nitrogens with zero attached hydrogens (tertiary/aromatic N) is 1. The van der Waals surface area contributed by atoms with Gasteiger partial charge in [0, 0.05) is 39.7 Å². The van der Waals surface area contributed by atoms with E-state index in [0.29, 0.717) is 29.2 Å². The molecular weight excluding hydrogens is 1070 g/mol. The monoisotopic (exact) mass is 1160 g/mol. The van der Waals surface area contributed by atoms with Gasteiger partial charge in [0.25, 0.3) is 17.7 Å². The van der Waals surface area contributed by atoms with Gasteiger partial charge in [0.15, 0.2) is 6.04 Å². The van der Waals surface area contributed by atoms with Crippen molar-refractivity contribution in [3.63, 3.8) is 0 Å². The highest BCUT2D eigenvalue weighted by Gasteiger charge is 2.38. The average molecular weight is 1170 g/mol. The molecule has 3 amide bonds. The summed E-state index contributed by atoms with van der Waals surface area (Å²) in [5, 5.41) is 17.4. The molecule has 4 aromatic carbocycles. The third kappa shape index (κ3) is 22.9. The first kappa shape index (κ1) is 72.7. The Hall–Kier alpha value is -6.33. The van der Waals surface area contributed by atoms with Gasteiger partial charge in [-0.3, -0.25) is 14.4 Å². The minimum atomic E-state index is -1.00. The van der Waals surface area contributed by atoms with Crippen molar-refractivity contribution >= 4 is 64.0 Å². The van der Waals surface area contributed by atoms with Crippen molar-refractivity contribution in [2.45, 2.75) is 163 Å². The summed E-state index contributed by atoms with van der Waals surface area (Å²) in [6, 6.07) is 23.6. The van der Waals surface area contributed by atoms with Crippen LogP contribution in [0, 0.1) is 5.92 Å². The molecule has 81 heavy (non-hydrogen) atoms. The molecule has 0 aliphatic heterocycles. The van der Waals surface area contributed by atoms with E-state index in [1.165, 1.54) is 80.4 Å². The van der Waals surface area contributed by atoms with Crippen LogP contribution in [0.1, 0.15) is 193 Å². The van der Waals surface area contributed by atoms with Gasteiger partial charge in [0.1, 0.15) is 6.04 Å². The number of hydrogen-bond donors (Lipinski definition) is 5. The number of carboxylic acid groups (broad SMARTS) is 1. The van der Waals surface area contributed by atoms with E-state index < -0.39 is 29.3 Å². The molecule has 448 valence electrons. The number of methoxy groups -OCH3 is 2. The lowest BCUT2D eigenvalue weighted by molar-refractivity contribution is -0.402. The molecule has 2 atom stereocenters. The number of quaternary nitrogens is 1. The molecule has 0 radical (unpaired) electrons. The molecule has 0 spiro atoms. The Morgan fingerprint density at radius 2 is 0.889 bits per heavy atom. The van der Waals surface area contributed by atoms with Crippen LogP contribution in [0.15, 0.2) is 84.9 Å². The van der Waals surface area contributed by atoms with E-state index in [-0.39, 0.29) is 63.5 Å². The van der Waals surface area contributed by atoms with Gasteiger partial charge in [0.2, 0.25) is 0 Å². The van der Waals surface area contributed by atoms with Gasteiger partial charge in [-0.25, -0.2) is 19.2 Å². The van der Waals surface area contributed by atoms with E-state index in [2.05, 4.69) is 141 Å². The predicted molar refractivity (Wildman–Crippen MR) is 318 cm³/mol. The number of fused-ring (bicyclic) bond motifs is 2. The van der Waals surface area contributed by atoms with Gasteiger partial charge in [-0.15, -0.1) is 0 Å². The Morgan fingerprint density at radius 1 is 0.556 bits per heavy atom. The Labute approximate surface area is 492 Å². The Bertz CT molecular complexity index is 2710. The number of benzene rings is 4. The molecule has 0 saturated carbocycles. The molecule has 0 unspecified atom stereocenters. The zero-order valence-electron chi connectivity index (χ0n) is 50.9. The fraction of sp³-hybridized carbons (Fsp3) is 0.508. The van der Waals surface area contributed by atoms with Crippen LogP contribution < -0.4 is 34.1 Å². The summed E-state index contributed by atoms with van der Waals surface area (Å²) < 4.78 is 13.3. The highest BCUT2D eigenvalue weighted by Crippen LogP contribution is 2.47. The molecule has 0 saturated heterocycles. The Morgan fingerprint density at radius 3 is 1.15 bits per heavy atom. The van der Waals surface area contributed by atoms with Crippen molar-refractivity contribution in [2.24, 2.45) is 5.92 Å². The van der Waals surface area contributed by atoms with Crippen LogP contribution in [0.3, 0.4) is 0 Å². The van der Waals surface area contributed by atoms with Crippen molar-refractivity contribution in [1.29, 1.82) is 0 Å². The van der Waals surface area contributed by atoms with Crippen molar-refractivity contribution in [3.8, 4) is 0 Å². The average Bonchev–Trinajstić information content (AvgIpc) is 3.41. The van der Waals surface area contributed by atoms with Crippen LogP contribution in [0.25, 0.3) is 0 Å². The fourth-order valence-corrected chi connectivity index (χ4v) is 8.96. The molecule has 0 fully saturated rings. The first-order valence-electron chi connectivity index (χ1n) is 27.4. The summed E-state index contributed by atoms with van der Waals surface area (Å²) in [5.74, 6) is -2.32. The molecule has 4 aromatic rings. The molecule has 18 heteroatoms. The van der Waals surface area contributed by atoms with Crippen molar-refractivity contribution < 1.29 is 71.0 Å². The molecule has 0 bridgehead atoms. The standard InChI is InChI=1S/C26H32N2O4.C22H25NO3.C6H15N.C5H9ClO2.C4H9NO2.ClH/c1-16(24(31)32-6)27-22(29)17-7-9-18(10-8-17)23(30)28-19-11-12-20-21(15-19)26(4,5)14-13-25(20,2)3;1-21(2)11-12-22(3,4)18-13-16(9-10-17(18)21)23-19(24)14-5-7-15(8-6-14)20(25)26;1-4-7(5-2)6-3;1-4(2)3-8-5(6)7;1-3(5)4(6)7-2;/h7-12,15-16H,13-14H2,1-6H3,(H,27,29)(H,28,30);5-10,13H,11-12H2,1-4H3,(H,23,24)(H,25,26);4-6H2,1-3H3;4H,3H2,1-2H3;3H,5H2,1-2H3;1H/t16-;;;;3-;/m0...0./s1. The van der Waals surface area contributed by atoms with Gasteiger partial charge in [-0.2, -0.15) is 0 Å². The van der Waals surface area contributed by atoms with Gasteiger partial charge in [-0.05, 0) is 182 Å². The van der Waals surface area contributed by atoms with Crippen LogP contribution in [0.5, 0.6) is 0 Å². The predicted octanol–water partition coefficient (Wildman–Crippen LogP) is 8.73. The molecule has 16 nitrogen and oxygen atoms in total. The Balaban J connectivity index is 0.000000592. The lowest BCUT2D eigenvalue weighted by Crippen LogP contribution is -3.00. The van der Waals surface area contributed by atoms with Crippen molar-refractivity contribution in [2.75, 3.05) is 51.1 Å². The van der Waals surface area contributed by atoms with Gasteiger partial charge < -0.3 is 58.3 Å². The molecule has 0 aromatic heterocycles. The third-order valence-electron chi connectivity index (χ3n) is 14.4. The van der Waals surface area contributed by atoms with E-state index >= 15 is 0 Å². The van der Waals surface area contributed by atoms with Crippen LogP contribution >= 0.6 is 11.6 Å². The number of amides is 3. The second-order valence-electron chi connectivity index (χ2n) is 23.1. The number of rotatable bonds is 14. The number of carbonyl (C=O) groups is 7. The third-order valence-corrected chi connectivity index (χ3v) is 14.5. The van der Waals surface area contributed by atoms with Crippen molar-refractivity contribution in [1.82, 2.24) is 10.2 Å². The SMILES string of the molecule is CC(C)COC(=O)Cl.CC1(C)CCC(C)(C)c2cc(NC(=O)c3ccc(C(=O)O)cc3)ccc21.CCN(CC)CC.COC(=O)[C@H](C)NC(=O)c1ccc(C(=O)Nc2ccc3c(c2)C(C)(C)CCC3(C)C)cc1.COC(=O)[C@H](C)[NH3+].[Cl-]. The molecule has 6 rings (SSSR count).